The molecule has 0 radical (unpaired) electrons. The van der Waals surface area contributed by atoms with Crippen molar-refractivity contribution >= 4 is 11.6 Å². The first-order chi connectivity index (χ1) is 9.67. The number of hydrogen-bond donors (Lipinski definition) is 1. The van der Waals surface area contributed by atoms with E-state index in [1.165, 1.54) is 17.2 Å². The molecular formula is C17H19ClFN. The highest BCUT2D eigenvalue weighted by atomic mass is 35.5. The molecule has 0 fully saturated rings. The van der Waals surface area contributed by atoms with Crippen LogP contribution in [0.1, 0.15) is 29.7 Å². The molecule has 1 atom stereocenters. The second-order valence-electron chi connectivity index (χ2n) is 4.81. The third-order valence-corrected chi connectivity index (χ3v) is 4.04. The lowest BCUT2D eigenvalue weighted by Crippen LogP contribution is -2.20. The first-order valence-electron chi connectivity index (χ1n) is 6.85. The van der Waals surface area contributed by atoms with Crippen LogP contribution in [-0.4, -0.2) is 7.05 Å². The van der Waals surface area contributed by atoms with Crippen molar-refractivity contribution in [3.8, 4) is 0 Å². The molecule has 0 heterocycles. The summed E-state index contributed by atoms with van der Waals surface area (Å²) in [7, 11) is 1.92. The summed E-state index contributed by atoms with van der Waals surface area (Å²) in [6.07, 6.45) is 1.65. The number of rotatable bonds is 5. The van der Waals surface area contributed by atoms with Gasteiger partial charge in [-0.1, -0.05) is 54.9 Å². The van der Waals surface area contributed by atoms with Crippen LogP contribution in [0.25, 0.3) is 0 Å². The Hall–Kier alpha value is -1.38. The third kappa shape index (κ3) is 3.20. The van der Waals surface area contributed by atoms with Crippen LogP contribution < -0.4 is 5.32 Å². The van der Waals surface area contributed by atoms with Crippen molar-refractivity contribution < 1.29 is 4.39 Å². The molecule has 0 bridgehead atoms. The van der Waals surface area contributed by atoms with Gasteiger partial charge in [0.2, 0.25) is 0 Å². The maximum Gasteiger partial charge on any atom is 0.142 e. The van der Waals surface area contributed by atoms with E-state index in [0.717, 1.165) is 12.0 Å². The topological polar surface area (TPSA) is 12.0 Å². The number of hydrogen-bond acceptors (Lipinski definition) is 1. The molecule has 3 heteroatoms. The fourth-order valence-corrected chi connectivity index (χ4v) is 2.69. The van der Waals surface area contributed by atoms with E-state index in [0.29, 0.717) is 6.42 Å². The molecule has 0 aromatic heterocycles. The number of likely N-dealkylation sites (N-methyl/N-ethyl adjacent to an activating group) is 1. The zero-order valence-corrected chi connectivity index (χ0v) is 12.5. The molecule has 2 rings (SSSR count). The molecule has 2 aromatic rings. The van der Waals surface area contributed by atoms with Gasteiger partial charge in [0.05, 0.1) is 5.02 Å². The highest BCUT2D eigenvalue weighted by Crippen LogP contribution is 2.27. The second kappa shape index (κ2) is 6.87. The third-order valence-electron chi connectivity index (χ3n) is 3.62. The van der Waals surface area contributed by atoms with Gasteiger partial charge >= 0.3 is 0 Å². The maximum atomic E-state index is 13.5. The lowest BCUT2D eigenvalue weighted by atomic mass is 9.94. The minimum atomic E-state index is -0.359. The first kappa shape index (κ1) is 15.0. The smallest absolute Gasteiger partial charge is 0.142 e. The second-order valence-corrected chi connectivity index (χ2v) is 5.19. The van der Waals surface area contributed by atoms with Gasteiger partial charge in [-0.05, 0) is 42.6 Å². The molecule has 0 saturated carbocycles. The van der Waals surface area contributed by atoms with Gasteiger partial charge in [-0.2, -0.15) is 0 Å². The van der Waals surface area contributed by atoms with E-state index in [-0.39, 0.29) is 16.9 Å². The molecule has 1 unspecified atom stereocenters. The van der Waals surface area contributed by atoms with Gasteiger partial charge in [0.15, 0.2) is 0 Å². The predicted octanol–water partition coefficient (Wildman–Crippen LogP) is 4.54. The summed E-state index contributed by atoms with van der Waals surface area (Å²) in [5, 5.41) is 3.53. The number of aryl methyl sites for hydroxylation is 1. The van der Waals surface area contributed by atoms with Crippen molar-refractivity contribution in [3.63, 3.8) is 0 Å². The molecule has 0 aliphatic heterocycles. The molecule has 1 N–H and O–H groups in total. The molecule has 0 aliphatic carbocycles. The van der Waals surface area contributed by atoms with Crippen LogP contribution in [0.2, 0.25) is 5.02 Å². The van der Waals surface area contributed by atoms with E-state index in [1.54, 1.807) is 6.07 Å². The molecule has 106 valence electrons. The molecule has 0 spiro atoms. The van der Waals surface area contributed by atoms with Crippen LogP contribution in [-0.2, 0) is 12.8 Å². The summed E-state index contributed by atoms with van der Waals surface area (Å²) in [6.45, 7) is 2.14. The highest BCUT2D eigenvalue weighted by Gasteiger charge is 2.15. The Morgan fingerprint density at radius 3 is 2.50 bits per heavy atom. The lowest BCUT2D eigenvalue weighted by Gasteiger charge is -2.20. The Kier molecular flexibility index (Phi) is 5.16. The van der Waals surface area contributed by atoms with E-state index in [1.807, 2.05) is 25.2 Å². The average Bonchev–Trinajstić information content (AvgIpc) is 2.49. The van der Waals surface area contributed by atoms with E-state index in [9.17, 15) is 4.39 Å². The van der Waals surface area contributed by atoms with Crippen molar-refractivity contribution in [2.24, 2.45) is 0 Å². The molecule has 0 amide bonds. The molecule has 0 aliphatic rings. The zero-order valence-electron chi connectivity index (χ0n) is 11.8. The van der Waals surface area contributed by atoms with Crippen molar-refractivity contribution in [3.05, 3.63) is 70.0 Å². The van der Waals surface area contributed by atoms with Gasteiger partial charge in [-0.25, -0.2) is 4.39 Å². The minimum absolute atomic E-state index is 0.130. The summed E-state index contributed by atoms with van der Waals surface area (Å²) >= 11 is 6.05. The van der Waals surface area contributed by atoms with Crippen LogP contribution in [0.3, 0.4) is 0 Å². The largest absolute Gasteiger partial charge is 0.313 e. The van der Waals surface area contributed by atoms with Crippen LogP contribution in [0.4, 0.5) is 4.39 Å². The van der Waals surface area contributed by atoms with Crippen LogP contribution in [0, 0.1) is 5.82 Å². The Labute approximate surface area is 124 Å². The highest BCUT2D eigenvalue weighted by molar-refractivity contribution is 6.31. The van der Waals surface area contributed by atoms with Gasteiger partial charge in [0, 0.05) is 6.04 Å². The van der Waals surface area contributed by atoms with Gasteiger partial charge in [-0.3, -0.25) is 0 Å². The van der Waals surface area contributed by atoms with Crippen molar-refractivity contribution in [2.45, 2.75) is 25.8 Å². The summed E-state index contributed by atoms with van der Waals surface area (Å²) in [4.78, 5) is 0. The summed E-state index contributed by atoms with van der Waals surface area (Å²) in [5.41, 5.74) is 3.38. The normalized spacial score (nSPS) is 12.4. The number of halogens is 2. The standard InChI is InChI=1S/C17H19ClFN/c1-3-12-7-4-5-9-14(12)16(20-2)11-13-8-6-10-15(19)17(13)18/h4-10,16,20H,3,11H2,1-2H3. The quantitative estimate of drug-likeness (QED) is 0.852. The number of nitrogens with one attached hydrogen (secondary N) is 1. The fourth-order valence-electron chi connectivity index (χ4n) is 2.49. The minimum Gasteiger partial charge on any atom is -0.313 e. The molecular weight excluding hydrogens is 273 g/mol. The van der Waals surface area contributed by atoms with Gasteiger partial charge < -0.3 is 5.32 Å². The maximum absolute atomic E-state index is 13.5. The first-order valence-corrected chi connectivity index (χ1v) is 7.23. The Morgan fingerprint density at radius 2 is 1.80 bits per heavy atom. The van der Waals surface area contributed by atoms with Crippen molar-refractivity contribution in [2.75, 3.05) is 7.05 Å². The summed E-state index contributed by atoms with van der Waals surface area (Å²) in [6, 6.07) is 13.4. The summed E-state index contributed by atoms with van der Waals surface area (Å²) < 4.78 is 13.5. The fraction of sp³-hybridized carbons (Fsp3) is 0.294. The zero-order chi connectivity index (χ0) is 14.5. The predicted molar refractivity (Wildman–Crippen MR) is 82.7 cm³/mol. The van der Waals surface area contributed by atoms with Gasteiger partial charge in [0.1, 0.15) is 5.82 Å². The van der Waals surface area contributed by atoms with E-state index < -0.39 is 0 Å². The van der Waals surface area contributed by atoms with Crippen LogP contribution in [0.5, 0.6) is 0 Å². The lowest BCUT2D eigenvalue weighted by molar-refractivity contribution is 0.580. The van der Waals surface area contributed by atoms with Gasteiger partial charge in [0.25, 0.3) is 0 Å². The van der Waals surface area contributed by atoms with E-state index in [4.69, 9.17) is 11.6 Å². The molecule has 1 nitrogen and oxygen atoms in total. The molecule has 2 aromatic carbocycles. The Morgan fingerprint density at radius 1 is 1.10 bits per heavy atom. The molecule has 0 saturated heterocycles. The summed E-state index contributed by atoms with van der Waals surface area (Å²) in [5.74, 6) is -0.359. The van der Waals surface area contributed by atoms with Crippen molar-refractivity contribution in [1.82, 2.24) is 5.32 Å². The van der Waals surface area contributed by atoms with E-state index >= 15 is 0 Å². The molecule has 20 heavy (non-hydrogen) atoms. The van der Waals surface area contributed by atoms with Crippen molar-refractivity contribution in [1.29, 1.82) is 0 Å². The Balaban J connectivity index is 2.31. The SMILES string of the molecule is CCc1ccccc1C(Cc1cccc(F)c1Cl)NC. The monoisotopic (exact) mass is 291 g/mol. The Bertz CT molecular complexity index is 583. The average molecular weight is 292 g/mol. The van der Waals surface area contributed by atoms with E-state index in [2.05, 4.69) is 24.4 Å². The van der Waals surface area contributed by atoms with Crippen LogP contribution in [0.15, 0.2) is 42.5 Å². The van der Waals surface area contributed by atoms with Gasteiger partial charge in [-0.15, -0.1) is 0 Å². The van der Waals surface area contributed by atoms with Crippen LogP contribution >= 0.6 is 11.6 Å². The number of benzene rings is 2.